The second-order valence-corrected chi connectivity index (χ2v) is 8.58. The number of hydrogen-bond donors (Lipinski definition) is 2. The quantitative estimate of drug-likeness (QED) is 0.556. The minimum atomic E-state index is -0.266. The van der Waals surface area contributed by atoms with Gasteiger partial charge in [0.05, 0.1) is 11.7 Å². The number of anilines is 2. The van der Waals surface area contributed by atoms with Crippen molar-refractivity contribution < 1.29 is 14.3 Å². The van der Waals surface area contributed by atoms with Gasteiger partial charge in [-0.1, -0.05) is 41.3 Å². The molecule has 0 aromatic heterocycles. The third-order valence-electron chi connectivity index (χ3n) is 4.91. The van der Waals surface area contributed by atoms with Crippen LogP contribution in [0.4, 0.5) is 11.4 Å². The Kier molecular flexibility index (Phi) is 7.31. The number of carbonyl (C=O) groups is 2. The van der Waals surface area contributed by atoms with Crippen molar-refractivity contribution in [2.45, 2.75) is 52.1 Å². The van der Waals surface area contributed by atoms with Crippen LogP contribution in [0, 0.1) is 5.92 Å². The highest BCUT2D eigenvalue weighted by Gasteiger charge is 2.21. The van der Waals surface area contributed by atoms with Gasteiger partial charge in [0.1, 0.15) is 5.75 Å². The van der Waals surface area contributed by atoms with Crippen LogP contribution in [-0.2, 0) is 4.79 Å². The summed E-state index contributed by atoms with van der Waals surface area (Å²) >= 11 is 3.41. The molecule has 0 bridgehead atoms. The Bertz CT molecular complexity index is 876. The van der Waals surface area contributed by atoms with Crippen molar-refractivity contribution in [3.05, 3.63) is 52.5 Å². The lowest BCUT2D eigenvalue weighted by molar-refractivity contribution is -0.120. The molecule has 0 aliphatic heterocycles. The Balaban J connectivity index is 1.71. The summed E-state index contributed by atoms with van der Waals surface area (Å²) in [7, 11) is 0. The Hall–Kier alpha value is -2.34. The van der Waals surface area contributed by atoms with Crippen molar-refractivity contribution >= 4 is 39.1 Å². The fourth-order valence-corrected chi connectivity index (χ4v) is 3.88. The molecule has 3 rings (SSSR count). The van der Waals surface area contributed by atoms with Gasteiger partial charge in [0.15, 0.2) is 0 Å². The maximum Gasteiger partial charge on any atom is 0.259 e. The second-order valence-electron chi connectivity index (χ2n) is 7.67. The van der Waals surface area contributed by atoms with E-state index in [2.05, 4.69) is 26.6 Å². The lowest BCUT2D eigenvalue weighted by atomic mass is 9.88. The van der Waals surface area contributed by atoms with E-state index in [0.717, 1.165) is 30.2 Å². The maximum atomic E-state index is 12.9. The third-order valence-corrected chi connectivity index (χ3v) is 5.41. The molecule has 1 aliphatic rings. The molecule has 1 aliphatic carbocycles. The number of benzene rings is 2. The highest BCUT2D eigenvalue weighted by molar-refractivity contribution is 9.10. The van der Waals surface area contributed by atoms with E-state index in [9.17, 15) is 9.59 Å². The summed E-state index contributed by atoms with van der Waals surface area (Å²) in [4.78, 5) is 25.3. The molecular weight excluding hydrogens is 432 g/mol. The largest absolute Gasteiger partial charge is 0.490 e. The molecule has 5 nitrogen and oxygen atoms in total. The fourth-order valence-electron chi connectivity index (χ4n) is 3.52. The van der Waals surface area contributed by atoms with E-state index in [4.69, 9.17) is 4.74 Å². The summed E-state index contributed by atoms with van der Waals surface area (Å²) in [5.41, 5.74) is 1.75. The molecule has 2 N–H and O–H groups in total. The first kappa shape index (κ1) is 21.4. The number of nitrogens with one attached hydrogen (secondary N) is 2. The van der Waals surface area contributed by atoms with Crippen LogP contribution in [0.5, 0.6) is 5.75 Å². The van der Waals surface area contributed by atoms with Crippen LogP contribution in [-0.4, -0.2) is 17.9 Å². The molecule has 2 amide bonds. The summed E-state index contributed by atoms with van der Waals surface area (Å²) in [5, 5.41) is 5.89. The number of hydrogen-bond acceptors (Lipinski definition) is 3. The van der Waals surface area contributed by atoms with E-state index in [1.807, 2.05) is 32.0 Å². The Morgan fingerprint density at radius 3 is 2.38 bits per heavy atom. The Morgan fingerprint density at radius 1 is 1.00 bits per heavy atom. The van der Waals surface area contributed by atoms with Crippen LogP contribution in [0.2, 0.25) is 0 Å². The Labute approximate surface area is 180 Å². The molecule has 154 valence electrons. The standard InChI is InChI=1S/C23H27BrN2O3/c1-15(2)29-21-12-11-17(24)13-20(21)23(28)26-19-10-6-9-18(14-19)25-22(27)16-7-4-3-5-8-16/h6,9-16H,3-5,7-8H2,1-2H3,(H,25,27)(H,26,28). The molecule has 0 unspecified atom stereocenters. The second kappa shape index (κ2) is 9.92. The summed E-state index contributed by atoms with van der Waals surface area (Å²) in [6.45, 7) is 3.84. The minimum absolute atomic E-state index is 0.0407. The molecule has 2 aromatic rings. The number of carbonyl (C=O) groups excluding carboxylic acids is 2. The number of amides is 2. The van der Waals surface area contributed by atoms with Gasteiger partial charge in [-0.25, -0.2) is 0 Å². The van der Waals surface area contributed by atoms with E-state index in [-0.39, 0.29) is 23.8 Å². The van der Waals surface area contributed by atoms with Crippen molar-refractivity contribution in [1.29, 1.82) is 0 Å². The van der Waals surface area contributed by atoms with E-state index in [0.29, 0.717) is 22.7 Å². The topological polar surface area (TPSA) is 67.4 Å². The molecule has 1 fully saturated rings. The lowest BCUT2D eigenvalue weighted by Gasteiger charge is -2.21. The zero-order valence-electron chi connectivity index (χ0n) is 16.8. The van der Waals surface area contributed by atoms with Gasteiger partial charge >= 0.3 is 0 Å². The number of rotatable bonds is 6. The van der Waals surface area contributed by atoms with Crippen LogP contribution in [0.3, 0.4) is 0 Å². The van der Waals surface area contributed by atoms with Gasteiger partial charge in [0.25, 0.3) is 5.91 Å². The third kappa shape index (κ3) is 6.07. The average molecular weight is 459 g/mol. The van der Waals surface area contributed by atoms with Crippen LogP contribution < -0.4 is 15.4 Å². The highest BCUT2D eigenvalue weighted by Crippen LogP contribution is 2.27. The van der Waals surface area contributed by atoms with Crippen molar-refractivity contribution in [2.24, 2.45) is 5.92 Å². The van der Waals surface area contributed by atoms with Gasteiger partial charge in [-0.05, 0) is 63.1 Å². The van der Waals surface area contributed by atoms with Crippen LogP contribution >= 0.6 is 15.9 Å². The van der Waals surface area contributed by atoms with E-state index < -0.39 is 0 Å². The van der Waals surface area contributed by atoms with Crippen molar-refractivity contribution in [2.75, 3.05) is 10.6 Å². The number of ether oxygens (including phenoxy) is 1. The van der Waals surface area contributed by atoms with Crippen LogP contribution in [0.25, 0.3) is 0 Å². The fraction of sp³-hybridized carbons (Fsp3) is 0.391. The molecule has 0 saturated heterocycles. The maximum absolute atomic E-state index is 12.9. The summed E-state index contributed by atoms with van der Waals surface area (Å²) < 4.78 is 6.56. The lowest BCUT2D eigenvalue weighted by Crippen LogP contribution is -2.24. The van der Waals surface area contributed by atoms with Gasteiger partial charge in [0, 0.05) is 21.8 Å². The van der Waals surface area contributed by atoms with Crippen LogP contribution in [0.15, 0.2) is 46.9 Å². The van der Waals surface area contributed by atoms with E-state index in [1.54, 1.807) is 24.3 Å². The summed E-state index contributed by atoms with van der Waals surface area (Å²) in [6, 6.07) is 12.6. The molecule has 6 heteroatoms. The average Bonchev–Trinajstić information content (AvgIpc) is 2.70. The van der Waals surface area contributed by atoms with Gasteiger partial charge in [0.2, 0.25) is 5.91 Å². The van der Waals surface area contributed by atoms with Crippen molar-refractivity contribution in [1.82, 2.24) is 0 Å². The highest BCUT2D eigenvalue weighted by atomic mass is 79.9. The van der Waals surface area contributed by atoms with Crippen molar-refractivity contribution in [3.8, 4) is 5.75 Å². The van der Waals surface area contributed by atoms with Gasteiger partial charge in [-0.3, -0.25) is 9.59 Å². The predicted octanol–water partition coefficient (Wildman–Crippen LogP) is 6.01. The summed E-state index contributed by atoms with van der Waals surface area (Å²) in [6.07, 6.45) is 5.29. The van der Waals surface area contributed by atoms with Crippen LogP contribution in [0.1, 0.15) is 56.3 Å². The first-order chi connectivity index (χ1) is 13.9. The molecule has 0 heterocycles. The monoisotopic (exact) mass is 458 g/mol. The van der Waals surface area contributed by atoms with Gasteiger partial charge in [-0.15, -0.1) is 0 Å². The summed E-state index contributed by atoms with van der Waals surface area (Å²) in [5.74, 6) is 0.410. The normalized spacial score (nSPS) is 14.5. The predicted molar refractivity (Wildman–Crippen MR) is 120 cm³/mol. The zero-order chi connectivity index (χ0) is 20.8. The molecule has 1 saturated carbocycles. The minimum Gasteiger partial charge on any atom is -0.490 e. The molecule has 0 radical (unpaired) electrons. The smallest absolute Gasteiger partial charge is 0.259 e. The van der Waals surface area contributed by atoms with Gasteiger partial charge in [-0.2, -0.15) is 0 Å². The van der Waals surface area contributed by atoms with Crippen molar-refractivity contribution in [3.63, 3.8) is 0 Å². The zero-order valence-corrected chi connectivity index (χ0v) is 18.4. The van der Waals surface area contributed by atoms with E-state index >= 15 is 0 Å². The van der Waals surface area contributed by atoms with Gasteiger partial charge < -0.3 is 15.4 Å². The molecule has 29 heavy (non-hydrogen) atoms. The molecule has 0 atom stereocenters. The SMILES string of the molecule is CC(C)Oc1ccc(Br)cc1C(=O)Nc1cccc(NC(=O)C2CCCCC2)c1. The first-order valence-electron chi connectivity index (χ1n) is 10.1. The first-order valence-corrected chi connectivity index (χ1v) is 10.9. The van der Waals surface area contributed by atoms with E-state index in [1.165, 1.54) is 6.42 Å². The number of halogens is 1. The molecular formula is C23H27BrN2O3. The molecule has 0 spiro atoms. The Morgan fingerprint density at radius 2 is 1.69 bits per heavy atom. The molecule has 2 aromatic carbocycles.